The number of hydrogen-bond donors (Lipinski definition) is 1. The van der Waals surface area contributed by atoms with Gasteiger partial charge in [0.2, 0.25) is 0 Å². The van der Waals surface area contributed by atoms with Crippen molar-refractivity contribution in [2.45, 2.75) is 57.9 Å². The van der Waals surface area contributed by atoms with Crippen LogP contribution in [0.5, 0.6) is 0 Å². The van der Waals surface area contributed by atoms with Crippen LogP contribution < -0.4 is 5.73 Å². The van der Waals surface area contributed by atoms with Gasteiger partial charge in [-0.15, -0.1) is 0 Å². The first-order valence-corrected chi connectivity index (χ1v) is 7.84. The van der Waals surface area contributed by atoms with E-state index >= 15 is 0 Å². The minimum absolute atomic E-state index is 0.156. The van der Waals surface area contributed by atoms with Crippen LogP contribution in [-0.4, -0.2) is 30.6 Å². The molecule has 0 aromatic carbocycles. The molecule has 4 rings (SSSR count). The van der Waals surface area contributed by atoms with Gasteiger partial charge < -0.3 is 5.73 Å². The van der Waals surface area contributed by atoms with Gasteiger partial charge in [-0.05, 0) is 82.6 Å². The molecule has 2 nitrogen and oxygen atoms in total. The fourth-order valence-corrected chi connectivity index (χ4v) is 5.36. The van der Waals surface area contributed by atoms with E-state index in [0.29, 0.717) is 5.41 Å². The first kappa shape index (κ1) is 12.9. The van der Waals surface area contributed by atoms with Gasteiger partial charge in [0.15, 0.2) is 0 Å². The molecular formula is C16H30N2. The molecule has 4 bridgehead atoms. The first-order valence-electron chi connectivity index (χ1n) is 7.84. The second kappa shape index (κ2) is 4.21. The Balaban J connectivity index is 1.72. The Morgan fingerprint density at radius 2 is 1.50 bits per heavy atom. The lowest BCUT2D eigenvalue weighted by Crippen LogP contribution is -2.56. The molecule has 0 aliphatic heterocycles. The van der Waals surface area contributed by atoms with Crippen molar-refractivity contribution in [3.63, 3.8) is 0 Å². The zero-order valence-corrected chi connectivity index (χ0v) is 12.4. The van der Waals surface area contributed by atoms with E-state index in [2.05, 4.69) is 25.8 Å². The van der Waals surface area contributed by atoms with Crippen molar-refractivity contribution in [2.24, 2.45) is 28.9 Å². The van der Waals surface area contributed by atoms with E-state index in [1.54, 1.807) is 19.3 Å². The van der Waals surface area contributed by atoms with Gasteiger partial charge in [-0.2, -0.15) is 0 Å². The summed E-state index contributed by atoms with van der Waals surface area (Å²) >= 11 is 0. The molecule has 0 amide bonds. The fourth-order valence-electron chi connectivity index (χ4n) is 5.36. The highest BCUT2D eigenvalue weighted by atomic mass is 15.2. The monoisotopic (exact) mass is 250 g/mol. The maximum atomic E-state index is 5.93. The fraction of sp³-hybridized carbons (Fsp3) is 1.00. The van der Waals surface area contributed by atoms with Crippen LogP contribution in [0.15, 0.2) is 0 Å². The normalized spacial score (nSPS) is 42.8. The minimum Gasteiger partial charge on any atom is -0.329 e. The molecule has 4 saturated carbocycles. The van der Waals surface area contributed by atoms with Crippen LogP contribution in [0.2, 0.25) is 0 Å². The van der Waals surface area contributed by atoms with Crippen LogP contribution >= 0.6 is 0 Å². The van der Waals surface area contributed by atoms with Gasteiger partial charge in [-0.1, -0.05) is 0 Å². The van der Waals surface area contributed by atoms with E-state index in [0.717, 1.165) is 24.3 Å². The molecule has 4 aliphatic carbocycles. The van der Waals surface area contributed by atoms with Crippen molar-refractivity contribution < 1.29 is 0 Å². The number of nitrogens with two attached hydrogens (primary N) is 1. The molecular weight excluding hydrogens is 220 g/mol. The van der Waals surface area contributed by atoms with Crippen LogP contribution in [0.1, 0.15) is 52.4 Å². The van der Waals surface area contributed by atoms with E-state index in [-0.39, 0.29) is 5.54 Å². The van der Waals surface area contributed by atoms with Crippen molar-refractivity contribution >= 4 is 0 Å². The summed E-state index contributed by atoms with van der Waals surface area (Å²) in [5.41, 5.74) is 6.74. The third kappa shape index (κ3) is 2.12. The Morgan fingerprint density at radius 3 is 1.89 bits per heavy atom. The lowest BCUT2D eigenvalue weighted by molar-refractivity contribution is -0.0764. The summed E-state index contributed by atoms with van der Waals surface area (Å²) in [6.45, 7) is 6.61. The van der Waals surface area contributed by atoms with Crippen LogP contribution in [0.25, 0.3) is 0 Å². The number of rotatable bonds is 4. The van der Waals surface area contributed by atoms with Crippen LogP contribution in [0, 0.1) is 23.2 Å². The minimum atomic E-state index is 0.156. The summed E-state index contributed by atoms with van der Waals surface area (Å²) in [6, 6.07) is 0. The topological polar surface area (TPSA) is 29.3 Å². The van der Waals surface area contributed by atoms with E-state index in [9.17, 15) is 0 Å². The molecule has 0 aromatic rings. The summed E-state index contributed by atoms with van der Waals surface area (Å²) in [5.74, 6) is 3.18. The SMILES string of the molecule is CN(CC12CC3CC(CC(C3)C1)C2)C(C)(C)CN. The van der Waals surface area contributed by atoms with Crippen LogP contribution in [0.4, 0.5) is 0 Å². The van der Waals surface area contributed by atoms with Crippen molar-refractivity contribution in [2.75, 3.05) is 20.1 Å². The van der Waals surface area contributed by atoms with E-state index in [4.69, 9.17) is 5.73 Å². The summed E-state index contributed by atoms with van der Waals surface area (Å²) in [7, 11) is 2.28. The average Bonchev–Trinajstić information content (AvgIpc) is 2.26. The maximum Gasteiger partial charge on any atom is 0.0272 e. The molecule has 0 radical (unpaired) electrons. The van der Waals surface area contributed by atoms with Gasteiger partial charge in [0.25, 0.3) is 0 Å². The van der Waals surface area contributed by atoms with Crippen LogP contribution in [-0.2, 0) is 0 Å². The number of nitrogens with zero attached hydrogens (tertiary/aromatic N) is 1. The molecule has 0 saturated heterocycles. The molecule has 0 atom stereocenters. The Hall–Kier alpha value is -0.0800. The smallest absolute Gasteiger partial charge is 0.0272 e. The molecule has 0 heterocycles. The predicted octanol–water partition coefficient (Wildman–Crippen LogP) is 2.87. The number of hydrogen-bond acceptors (Lipinski definition) is 2. The quantitative estimate of drug-likeness (QED) is 0.831. The van der Waals surface area contributed by atoms with E-state index in [1.807, 2.05) is 0 Å². The van der Waals surface area contributed by atoms with Gasteiger partial charge >= 0.3 is 0 Å². The standard InChI is InChI=1S/C16H30N2/c1-15(2,10-17)18(3)11-16-7-12-4-13(8-16)6-14(5-12)9-16/h12-14H,4-11,17H2,1-3H3. The highest BCUT2D eigenvalue weighted by Crippen LogP contribution is 2.60. The third-order valence-electron chi connectivity index (χ3n) is 6.27. The summed E-state index contributed by atoms with van der Waals surface area (Å²) in [5, 5.41) is 0. The Kier molecular flexibility index (Phi) is 3.02. The Bertz CT molecular complexity index is 286. The molecule has 4 aliphatic rings. The maximum absolute atomic E-state index is 5.93. The molecule has 0 unspecified atom stereocenters. The molecule has 18 heavy (non-hydrogen) atoms. The molecule has 0 spiro atoms. The van der Waals surface area contributed by atoms with Crippen LogP contribution in [0.3, 0.4) is 0 Å². The van der Waals surface area contributed by atoms with Gasteiger partial charge in [0.1, 0.15) is 0 Å². The number of likely N-dealkylation sites (N-methyl/N-ethyl adjacent to an activating group) is 1. The molecule has 0 aromatic heterocycles. The van der Waals surface area contributed by atoms with Gasteiger partial charge in [-0.25, -0.2) is 0 Å². The van der Waals surface area contributed by atoms with Crippen molar-refractivity contribution in [1.29, 1.82) is 0 Å². The first-order chi connectivity index (χ1) is 8.42. The van der Waals surface area contributed by atoms with E-state index in [1.165, 1.54) is 25.8 Å². The molecule has 2 heteroatoms. The summed E-state index contributed by atoms with van der Waals surface area (Å²) in [6.07, 6.45) is 9.15. The third-order valence-corrected chi connectivity index (χ3v) is 6.27. The van der Waals surface area contributed by atoms with Crippen molar-refractivity contribution in [1.82, 2.24) is 4.90 Å². The highest BCUT2D eigenvalue weighted by Gasteiger charge is 2.51. The zero-order chi connectivity index (χ0) is 13.0. The van der Waals surface area contributed by atoms with Crippen molar-refractivity contribution in [3.8, 4) is 0 Å². The average molecular weight is 250 g/mol. The summed E-state index contributed by atoms with van der Waals surface area (Å²) < 4.78 is 0. The largest absolute Gasteiger partial charge is 0.329 e. The lowest BCUT2D eigenvalue weighted by atomic mass is 9.49. The second-order valence-electron chi connectivity index (χ2n) is 8.29. The zero-order valence-electron chi connectivity index (χ0n) is 12.4. The van der Waals surface area contributed by atoms with Crippen molar-refractivity contribution in [3.05, 3.63) is 0 Å². The lowest BCUT2D eigenvalue weighted by Gasteiger charge is -2.58. The van der Waals surface area contributed by atoms with Gasteiger partial charge in [-0.3, -0.25) is 4.90 Å². The molecule has 4 fully saturated rings. The Morgan fingerprint density at radius 1 is 1.06 bits per heavy atom. The van der Waals surface area contributed by atoms with Gasteiger partial charge in [0.05, 0.1) is 0 Å². The predicted molar refractivity (Wildman–Crippen MR) is 76.4 cm³/mol. The van der Waals surface area contributed by atoms with Gasteiger partial charge in [0, 0.05) is 18.6 Å². The highest BCUT2D eigenvalue weighted by molar-refractivity contribution is 5.03. The summed E-state index contributed by atoms with van der Waals surface area (Å²) in [4.78, 5) is 2.54. The molecule has 104 valence electrons. The molecule has 2 N–H and O–H groups in total. The second-order valence-corrected chi connectivity index (χ2v) is 8.29. The van der Waals surface area contributed by atoms with E-state index < -0.39 is 0 Å². The Labute approximate surface area is 112 Å².